The van der Waals surface area contributed by atoms with Crippen molar-refractivity contribution in [1.82, 2.24) is 9.88 Å². The minimum Gasteiger partial charge on any atom is -0.321 e. The van der Waals surface area contributed by atoms with Gasteiger partial charge in [-0.15, -0.1) is 0 Å². The molecule has 0 radical (unpaired) electrons. The van der Waals surface area contributed by atoms with E-state index in [1.54, 1.807) is 23.1 Å². The van der Waals surface area contributed by atoms with Crippen LogP contribution in [0, 0.1) is 5.82 Å². The standard InChI is InChI=1S/C20H20ClFN4O2/c1-20-8-2-3-10-25(20)12-26(19(20)28)16-7-6-13(11-14(16)21)24-18(27)17-15(22)5-4-9-23-17/h4-7,9,11H,2-3,8,10,12H2,1H3,(H,24,27). The Kier molecular flexibility index (Phi) is 4.81. The highest BCUT2D eigenvalue weighted by Crippen LogP contribution is 2.39. The van der Waals surface area contributed by atoms with Crippen molar-refractivity contribution in [3.8, 4) is 0 Å². The molecule has 0 aliphatic carbocycles. The van der Waals surface area contributed by atoms with Gasteiger partial charge < -0.3 is 5.32 Å². The quantitative estimate of drug-likeness (QED) is 0.850. The SMILES string of the molecule is CC12CCCCN1CN(c1ccc(NC(=O)c3ncccc3F)cc1Cl)C2=O. The molecule has 4 rings (SSSR count). The number of nitrogens with one attached hydrogen (secondary N) is 1. The second-order valence-corrected chi connectivity index (χ2v) is 7.73. The average molecular weight is 403 g/mol. The van der Waals surface area contributed by atoms with Crippen LogP contribution in [-0.2, 0) is 4.79 Å². The Bertz CT molecular complexity index is 954. The van der Waals surface area contributed by atoms with E-state index in [1.165, 1.54) is 18.3 Å². The van der Waals surface area contributed by atoms with Crippen LogP contribution in [0.1, 0.15) is 36.7 Å². The summed E-state index contributed by atoms with van der Waals surface area (Å²) in [7, 11) is 0. The van der Waals surface area contributed by atoms with Crippen molar-refractivity contribution in [2.75, 3.05) is 23.4 Å². The largest absolute Gasteiger partial charge is 0.321 e. The van der Waals surface area contributed by atoms with E-state index >= 15 is 0 Å². The van der Waals surface area contributed by atoms with E-state index in [9.17, 15) is 14.0 Å². The highest BCUT2D eigenvalue weighted by Gasteiger charge is 2.50. The first-order valence-corrected chi connectivity index (χ1v) is 9.56. The van der Waals surface area contributed by atoms with E-state index < -0.39 is 17.3 Å². The summed E-state index contributed by atoms with van der Waals surface area (Å²) in [5, 5.41) is 2.93. The van der Waals surface area contributed by atoms with Crippen LogP contribution in [-0.4, -0.2) is 40.5 Å². The maximum Gasteiger partial charge on any atom is 0.277 e. The molecule has 8 heteroatoms. The van der Waals surface area contributed by atoms with Crippen LogP contribution in [0.4, 0.5) is 15.8 Å². The molecular weight excluding hydrogens is 383 g/mol. The number of anilines is 2. The molecular formula is C20H20ClFN4O2. The Labute approximate surface area is 167 Å². The number of rotatable bonds is 3. The van der Waals surface area contributed by atoms with Gasteiger partial charge >= 0.3 is 0 Å². The van der Waals surface area contributed by atoms with Crippen LogP contribution >= 0.6 is 11.6 Å². The van der Waals surface area contributed by atoms with Crippen molar-refractivity contribution in [3.05, 3.63) is 53.1 Å². The zero-order valence-corrected chi connectivity index (χ0v) is 16.2. The number of halogens is 2. The second-order valence-electron chi connectivity index (χ2n) is 7.32. The molecule has 2 aliphatic heterocycles. The molecule has 28 heavy (non-hydrogen) atoms. The number of benzene rings is 1. The van der Waals surface area contributed by atoms with E-state index in [-0.39, 0.29) is 11.6 Å². The number of carbonyl (C=O) groups is 2. The number of pyridine rings is 1. The smallest absolute Gasteiger partial charge is 0.277 e. The number of nitrogens with zero attached hydrogens (tertiary/aromatic N) is 3. The van der Waals surface area contributed by atoms with Crippen molar-refractivity contribution >= 4 is 34.8 Å². The summed E-state index contributed by atoms with van der Waals surface area (Å²) in [5.41, 5.74) is 0.233. The fraction of sp³-hybridized carbons (Fsp3) is 0.350. The summed E-state index contributed by atoms with van der Waals surface area (Å²) in [5.74, 6) is -1.32. The maximum absolute atomic E-state index is 13.7. The molecule has 0 spiro atoms. The number of amides is 2. The molecule has 146 valence electrons. The third-order valence-electron chi connectivity index (χ3n) is 5.53. The fourth-order valence-electron chi connectivity index (χ4n) is 3.90. The van der Waals surface area contributed by atoms with E-state index in [0.717, 1.165) is 25.8 Å². The lowest BCUT2D eigenvalue weighted by Gasteiger charge is -2.35. The van der Waals surface area contributed by atoms with Crippen molar-refractivity contribution < 1.29 is 14.0 Å². The number of carbonyl (C=O) groups excluding carboxylic acids is 2. The molecule has 2 aromatic rings. The monoisotopic (exact) mass is 402 g/mol. The maximum atomic E-state index is 13.7. The first-order chi connectivity index (χ1) is 13.4. The van der Waals surface area contributed by atoms with Gasteiger partial charge in [0.15, 0.2) is 11.5 Å². The van der Waals surface area contributed by atoms with Crippen LogP contribution in [0.25, 0.3) is 0 Å². The van der Waals surface area contributed by atoms with Crippen LogP contribution in [0.2, 0.25) is 5.02 Å². The normalized spacial score (nSPS) is 22.2. The highest BCUT2D eigenvalue weighted by atomic mass is 35.5. The van der Waals surface area contributed by atoms with Gasteiger partial charge in [0.1, 0.15) is 0 Å². The topological polar surface area (TPSA) is 65.5 Å². The molecule has 1 aromatic carbocycles. The lowest BCUT2D eigenvalue weighted by atomic mass is 9.89. The number of hydrogen-bond acceptors (Lipinski definition) is 4. The van der Waals surface area contributed by atoms with E-state index in [2.05, 4.69) is 15.2 Å². The average Bonchev–Trinajstić information content (AvgIpc) is 2.93. The van der Waals surface area contributed by atoms with Crippen LogP contribution in [0.15, 0.2) is 36.5 Å². The van der Waals surface area contributed by atoms with Crippen LogP contribution in [0.3, 0.4) is 0 Å². The third kappa shape index (κ3) is 3.14. The van der Waals surface area contributed by atoms with Crippen molar-refractivity contribution in [3.63, 3.8) is 0 Å². The third-order valence-corrected chi connectivity index (χ3v) is 5.83. The van der Waals surface area contributed by atoms with Gasteiger partial charge in [-0.25, -0.2) is 9.37 Å². The summed E-state index contributed by atoms with van der Waals surface area (Å²) in [6, 6.07) is 7.49. The Balaban J connectivity index is 1.55. The van der Waals surface area contributed by atoms with Crippen LogP contribution < -0.4 is 10.2 Å². The fourth-order valence-corrected chi connectivity index (χ4v) is 4.19. The predicted molar refractivity (Wildman–Crippen MR) is 105 cm³/mol. The summed E-state index contributed by atoms with van der Waals surface area (Å²) >= 11 is 6.42. The summed E-state index contributed by atoms with van der Waals surface area (Å²) in [6.07, 6.45) is 4.31. The molecule has 3 heterocycles. The van der Waals surface area contributed by atoms with E-state index in [0.29, 0.717) is 23.1 Å². The highest BCUT2D eigenvalue weighted by molar-refractivity contribution is 6.34. The molecule has 2 aliphatic rings. The zero-order valence-electron chi connectivity index (χ0n) is 15.4. The minimum atomic E-state index is -0.699. The van der Waals surface area contributed by atoms with Crippen molar-refractivity contribution in [2.24, 2.45) is 0 Å². The molecule has 2 amide bonds. The predicted octanol–water partition coefficient (Wildman–Crippen LogP) is 3.68. The molecule has 0 saturated carbocycles. The number of aromatic nitrogens is 1. The summed E-state index contributed by atoms with van der Waals surface area (Å²) in [4.78, 5) is 32.9. The van der Waals surface area contributed by atoms with Gasteiger partial charge in [-0.2, -0.15) is 0 Å². The van der Waals surface area contributed by atoms with Crippen LogP contribution in [0.5, 0.6) is 0 Å². The Morgan fingerprint density at radius 2 is 2.14 bits per heavy atom. The van der Waals surface area contributed by atoms with Gasteiger partial charge in [0, 0.05) is 18.4 Å². The first kappa shape index (κ1) is 18.8. The van der Waals surface area contributed by atoms with Crippen molar-refractivity contribution in [2.45, 2.75) is 31.7 Å². The van der Waals surface area contributed by atoms with E-state index in [4.69, 9.17) is 11.6 Å². The second kappa shape index (κ2) is 7.14. The number of fused-ring (bicyclic) bond motifs is 1. The van der Waals surface area contributed by atoms with Gasteiger partial charge in [0.05, 0.1) is 22.9 Å². The summed E-state index contributed by atoms with van der Waals surface area (Å²) in [6.45, 7) is 3.37. The lowest BCUT2D eigenvalue weighted by molar-refractivity contribution is -0.125. The molecule has 1 atom stereocenters. The number of piperidine rings is 1. The Morgan fingerprint density at radius 3 is 2.86 bits per heavy atom. The van der Waals surface area contributed by atoms with Gasteiger partial charge in [0.25, 0.3) is 5.91 Å². The van der Waals surface area contributed by atoms with Gasteiger partial charge in [0.2, 0.25) is 5.91 Å². The number of hydrogen-bond donors (Lipinski definition) is 1. The molecule has 1 unspecified atom stereocenters. The van der Waals surface area contributed by atoms with Crippen molar-refractivity contribution in [1.29, 1.82) is 0 Å². The molecule has 1 N–H and O–H groups in total. The van der Waals surface area contributed by atoms with Gasteiger partial charge in [-0.05, 0) is 56.5 Å². The molecule has 6 nitrogen and oxygen atoms in total. The molecule has 2 saturated heterocycles. The van der Waals surface area contributed by atoms with Gasteiger partial charge in [-0.1, -0.05) is 11.6 Å². The minimum absolute atomic E-state index is 0.0430. The molecule has 0 bridgehead atoms. The molecule has 2 fully saturated rings. The summed E-state index contributed by atoms with van der Waals surface area (Å²) < 4.78 is 13.7. The van der Waals surface area contributed by atoms with Gasteiger partial charge in [-0.3, -0.25) is 19.4 Å². The Morgan fingerprint density at radius 1 is 1.32 bits per heavy atom. The first-order valence-electron chi connectivity index (χ1n) is 9.18. The molecule has 1 aromatic heterocycles. The zero-order chi connectivity index (χ0) is 19.9. The van der Waals surface area contributed by atoms with E-state index in [1.807, 2.05) is 6.92 Å². The Hall–Kier alpha value is -2.51. The lowest BCUT2D eigenvalue weighted by Crippen LogP contribution is -2.49.